The number of alkyl carbamates (subject to hydrolysis) is 1. The lowest BCUT2D eigenvalue weighted by Crippen LogP contribution is -2.43. The van der Waals surface area contributed by atoms with E-state index in [-0.39, 0.29) is 23.5 Å². The minimum absolute atomic E-state index is 0.103. The number of hydrogen-bond acceptors (Lipinski definition) is 6. The molecule has 29 heavy (non-hydrogen) atoms. The summed E-state index contributed by atoms with van der Waals surface area (Å²) in [6.07, 6.45) is -0.508. The van der Waals surface area contributed by atoms with Gasteiger partial charge in [0.25, 0.3) is 11.8 Å². The Balaban J connectivity index is 1.50. The molecule has 152 valence electrons. The number of nitrogens with one attached hydrogen (secondary N) is 1. The van der Waals surface area contributed by atoms with E-state index in [1.807, 2.05) is 11.0 Å². The number of carbonyl (C=O) groups is 2. The number of aromatic nitrogens is 1. The van der Waals surface area contributed by atoms with Gasteiger partial charge in [-0.05, 0) is 18.2 Å². The van der Waals surface area contributed by atoms with E-state index in [2.05, 4.69) is 10.3 Å². The van der Waals surface area contributed by atoms with Crippen LogP contribution in [-0.4, -0.2) is 54.2 Å². The van der Waals surface area contributed by atoms with E-state index in [0.29, 0.717) is 24.0 Å². The third-order valence-electron chi connectivity index (χ3n) is 5.60. The number of anilines is 1. The van der Waals surface area contributed by atoms with Crippen molar-refractivity contribution in [1.29, 1.82) is 0 Å². The van der Waals surface area contributed by atoms with Crippen LogP contribution in [-0.2, 0) is 4.74 Å². The van der Waals surface area contributed by atoms with Crippen LogP contribution >= 0.6 is 0 Å². The Bertz CT molecular complexity index is 1010. The first-order chi connectivity index (χ1) is 13.8. The molecule has 0 radical (unpaired) electrons. The van der Waals surface area contributed by atoms with E-state index in [1.54, 1.807) is 12.3 Å². The van der Waals surface area contributed by atoms with Crippen molar-refractivity contribution in [2.45, 2.75) is 37.0 Å². The molecule has 1 saturated carbocycles. The molecule has 2 amide bonds. The summed E-state index contributed by atoms with van der Waals surface area (Å²) in [6, 6.07) is 4.85. The van der Waals surface area contributed by atoms with E-state index in [0.717, 1.165) is 5.69 Å². The number of rotatable bonds is 4. The van der Waals surface area contributed by atoms with Gasteiger partial charge >= 0.3 is 6.09 Å². The van der Waals surface area contributed by atoms with E-state index in [4.69, 9.17) is 15.2 Å². The Morgan fingerprint density at radius 1 is 1.34 bits per heavy atom. The standard InChI is InChI=1S/C19H18F2N4O4/c20-19(21)5-9(6-19)28-15-4-10-12(3-11(15)17(22)26)23-2-1-14(10)25-7-13-16(8-25)29-18(27)24-13/h1-4,9,13,16H,5-8H2,(H2,22,26)(H,24,27)/t13-,16+/m0/s1. The molecule has 3 fully saturated rings. The van der Waals surface area contributed by atoms with Crippen LogP contribution in [0.1, 0.15) is 23.2 Å². The summed E-state index contributed by atoms with van der Waals surface area (Å²) < 4.78 is 37.3. The van der Waals surface area contributed by atoms with Crippen molar-refractivity contribution in [2.75, 3.05) is 18.0 Å². The number of pyridine rings is 1. The molecule has 0 bridgehead atoms. The number of amides is 2. The smallest absolute Gasteiger partial charge is 0.407 e. The van der Waals surface area contributed by atoms with Gasteiger partial charge in [-0.25, -0.2) is 13.6 Å². The van der Waals surface area contributed by atoms with E-state index in [1.165, 1.54) is 6.07 Å². The maximum atomic E-state index is 13.2. The van der Waals surface area contributed by atoms with Crippen molar-refractivity contribution in [3.05, 3.63) is 30.0 Å². The van der Waals surface area contributed by atoms with Gasteiger partial charge in [-0.1, -0.05) is 0 Å². The predicted molar refractivity (Wildman–Crippen MR) is 98.3 cm³/mol. The van der Waals surface area contributed by atoms with Crippen LogP contribution in [0.15, 0.2) is 24.4 Å². The lowest BCUT2D eigenvalue weighted by atomic mass is 9.91. The molecule has 3 heterocycles. The van der Waals surface area contributed by atoms with Crippen LogP contribution in [0, 0.1) is 0 Å². The molecule has 2 atom stereocenters. The molecular formula is C19H18F2N4O4. The third kappa shape index (κ3) is 3.08. The second kappa shape index (κ2) is 6.16. The van der Waals surface area contributed by atoms with E-state index in [9.17, 15) is 18.4 Å². The Morgan fingerprint density at radius 2 is 2.14 bits per heavy atom. The van der Waals surface area contributed by atoms with Crippen LogP contribution in [0.4, 0.5) is 19.3 Å². The third-order valence-corrected chi connectivity index (χ3v) is 5.60. The van der Waals surface area contributed by atoms with Crippen molar-refractivity contribution in [1.82, 2.24) is 10.3 Å². The molecule has 2 aromatic rings. The molecule has 5 rings (SSSR count). The molecule has 3 aliphatic rings. The molecule has 1 aromatic heterocycles. The summed E-state index contributed by atoms with van der Waals surface area (Å²) in [6.45, 7) is 1.06. The van der Waals surface area contributed by atoms with Gasteiger partial charge in [0, 0.05) is 36.7 Å². The predicted octanol–water partition coefficient (Wildman–Crippen LogP) is 1.81. The van der Waals surface area contributed by atoms with Gasteiger partial charge in [-0.15, -0.1) is 0 Å². The fourth-order valence-corrected chi connectivity index (χ4v) is 4.14. The summed E-state index contributed by atoms with van der Waals surface area (Å²) >= 11 is 0. The SMILES string of the molecule is NC(=O)c1cc2nccc(N3C[C@@H]4NC(=O)O[C@@H]4C3)c2cc1OC1CC(F)(F)C1. The first-order valence-corrected chi connectivity index (χ1v) is 9.28. The monoisotopic (exact) mass is 404 g/mol. The number of hydrogen-bond donors (Lipinski definition) is 2. The number of benzene rings is 1. The van der Waals surface area contributed by atoms with Gasteiger partial charge < -0.3 is 25.4 Å². The topological polar surface area (TPSA) is 107 Å². The Hall–Kier alpha value is -3.17. The van der Waals surface area contributed by atoms with Crippen molar-refractivity contribution >= 4 is 28.6 Å². The largest absolute Gasteiger partial charge is 0.489 e. The average Bonchev–Trinajstić information content (AvgIpc) is 3.16. The van der Waals surface area contributed by atoms with Gasteiger partial charge in [0.05, 0.1) is 23.7 Å². The molecule has 8 nitrogen and oxygen atoms in total. The van der Waals surface area contributed by atoms with Crippen LogP contribution in [0.25, 0.3) is 10.9 Å². The van der Waals surface area contributed by atoms with Crippen LogP contribution in [0.2, 0.25) is 0 Å². The molecule has 1 aliphatic carbocycles. The maximum absolute atomic E-state index is 13.2. The Labute approximate surface area is 163 Å². The number of fused-ring (bicyclic) bond motifs is 2. The highest BCUT2D eigenvalue weighted by atomic mass is 19.3. The number of carbonyl (C=O) groups excluding carboxylic acids is 2. The van der Waals surface area contributed by atoms with Gasteiger partial charge in [0.1, 0.15) is 18.0 Å². The zero-order chi connectivity index (χ0) is 20.3. The molecule has 10 heteroatoms. The number of primary amides is 1. The van der Waals surface area contributed by atoms with Gasteiger partial charge in [-0.3, -0.25) is 9.78 Å². The summed E-state index contributed by atoms with van der Waals surface area (Å²) in [5.74, 6) is -3.28. The summed E-state index contributed by atoms with van der Waals surface area (Å²) in [4.78, 5) is 29.6. The van der Waals surface area contributed by atoms with E-state index < -0.39 is 36.9 Å². The highest BCUT2D eigenvalue weighted by Gasteiger charge is 2.47. The van der Waals surface area contributed by atoms with Crippen molar-refractivity contribution < 1.29 is 27.8 Å². The number of nitrogens with two attached hydrogens (primary N) is 1. The quantitative estimate of drug-likeness (QED) is 0.805. The fourth-order valence-electron chi connectivity index (χ4n) is 4.14. The van der Waals surface area contributed by atoms with Crippen molar-refractivity contribution in [3.8, 4) is 5.75 Å². The van der Waals surface area contributed by atoms with Crippen LogP contribution in [0.5, 0.6) is 5.75 Å². The lowest BCUT2D eigenvalue weighted by molar-refractivity contribution is -0.134. The summed E-state index contributed by atoms with van der Waals surface area (Å²) in [5.41, 5.74) is 6.92. The van der Waals surface area contributed by atoms with Gasteiger partial charge in [0.2, 0.25) is 0 Å². The highest BCUT2D eigenvalue weighted by Crippen LogP contribution is 2.41. The Kier molecular flexibility index (Phi) is 3.80. The van der Waals surface area contributed by atoms with Crippen molar-refractivity contribution in [3.63, 3.8) is 0 Å². The second-order valence-corrected chi connectivity index (χ2v) is 7.66. The zero-order valence-corrected chi connectivity index (χ0v) is 15.2. The second-order valence-electron chi connectivity index (χ2n) is 7.66. The number of alkyl halides is 2. The van der Waals surface area contributed by atoms with Crippen LogP contribution < -0.4 is 20.7 Å². The number of nitrogens with zero attached hydrogens (tertiary/aromatic N) is 2. The van der Waals surface area contributed by atoms with Crippen LogP contribution in [0.3, 0.4) is 0 Å². The lowest BCUT2D eigenvalue weighted by Gasteiger charge is -2.35. The summed E-state index contributed by atoms with van der Waals surface area (Å²) in [5, 5.41) is 3.47. The number of ether oxygens (including phenoxy) is 2. The van der Waals surface area contributed by atoms with E-state index >= 15 is 0 Å². The van der Waals surface area contributed by atoms with Gasteiger partial charge in [0.15, 0.2) is 0 Å². The Morgan fingerprint density at radius 3 is 2.83 bits per heavy atom. The zero-order valence-electron chi connectivity index (χ0n) is 15.2. The van der Waals surface area contributed by atoms with Gasteiger partial charge in [-0.2, -0.15) is 0 Å². The maximum Gasteiger partial charge on any atom is 0.407 e. The first-order valence-electron chi connectivity index (χ1n) is 9.28. The minimum atomic E-state index is -2.74. The number of halogens is 2. The molecule has 0 spiro atoms. The molecule has 0 unspecified atom stereocenters. The normalized spacial score (nSPS) is 25.3. The molecule has 2 saturated heterocycles. The molecule has 3 N–H and O–H groups in total. The average molecular weight is 404 g/mol. The summed E-state index contributed by atoms with van der Waals surface area (Å²) in [7, 11) is 0. The highest BCUT2D eigenvalue weighted by molar-refractivity contribution is 6.02. The molecular weight excluding hydrogens is 386 g/mol. The van der Waals surface area contributed by atoms with Crippen molar-refractivity contribution in [2.24, 2.45) is 5.73 Å². The molecule has 2 aliphatic heterocycles. The first kappa shape index (κ1) is 17.9. The minimum Gasteiger partial charge on any atom is -0.489 e. The fraction of sp³-hybridized carbons (Fsp3) is 0.421. The molecule has 1 aromatic carbocycles.